The number of nitriles is 1. The number of amides is 1. The number of aliphatic hydroxyl groups is 1. The van der Waals surface area contributed by atoms with Crippen molar-refractivity contribution >= 4 is 17.0 Å². The molecule has 1 atom stereocenters. The van der Waals surface area contributed by atoms with Gasteiger partial charge < -0.3 is 23.9 Å². The number of rotatable bonds is 5. The molecular formula is C31H35N5O6. The largest absolute Gasteiger partial charge is 0.486 e. The van der Waals surface area contributed by atoms with Crippen LogP contribution in [0.2, 0.25) is 0 Å². The van der Waals surface area contributed by atoms with Gasteiger partial charge in [-0.2, -0.15) is 5.26 Å². The molecule has 0 saturated carbocycles. The van der Waals surface area contributed by atoms with E-state index in [9.17, 15) is 20.0 Å². The lowest BCUT2D eigenvalue weighted by molar-refractivity contribution is -0.0248. The van der Waals surface area contributed by atoms with Gasteiger partial charge in [0.2, 0.25) is 0 Å². The Balaban J connectivity index is 1.20. The van der Waals surface area contributed by atoms with Crippen LogP contribution in [0.3, 0.4) is 0 Å². The fourth-order valence-electron chi connectivity index (χ4n) is 6.26. The summed E-state index contributed by atoms with van der Waals surface area (Å²) >= 11 is 0. The van der Waals surface area contributed by atoms with Crippen LogP contribution in [0.5, 0.6) is 11.5 Å². The minimum atomic E-state index is -1.38. The Hall–Kier alpha value is -4.14. The molecule has 1 amide bonds. The topological polar surface area (TPSA) is 130 Å². The quantitative estimate of drug-likeness (QED) is 0.489. The molecule has 11 nitrogen and oxygen atoms in total. The number of hydrogen-bond donors (Lipinski definition) is 1. The molecule has 3 aromatic rings. The normalized spacial score (nSPS) is 20.4. The number of ether oxygens (including phenoxy) is 3. The fraction of sp³-hybridized carbons (Fsp3) is 0.484. The second-order valence-corrected chi connectivity index (χ2v) is 12.3. The van der Waals surface area contributed by atoms with Crippen molar-refractivity contribution in [3.05, 3.63) is 63.7 Å². The molecule has 1 unspecified atom stereocenters. The van der Waals surface area contributed by atoms with Gasteiger partial charge >= 0.3 is 6.09 Å². The number of likely N-dealkylation sites (tertiary alicyclic amines) is 1. The van der Waals surface area contributed by atoms with Crippen molar-refractivity contribution in [2.75, 3.05) is 32.8 Å². The van der Waals surface area contributed by atoms with Gasteiger partial charge in [0.15, 0.2) is 11.5 Å². The van der Waals surface area contributed by atoms with Gasteiger partial charge in [-0.3, -0.25) is 19.6 Å². The molecule has 1 fully saturated rings. The number of β-amino-alcohol motifs (C(OH)–C–C–N with tert-alkyl or cyclic N) is 1. The van der Waals surface area contributed by atoms with Crippen molar-refractivity contribution < 1.29 is 24.1 Å². The summed E-state index contributed by atoms with van der Waals surface area (Å²) in [4.78, 5) is 34.5. The Labute approximate surface area is 243 Å². The molecule has 3 aliphatic rings. The highest BCUT2D eigenvalue weighted by atomic mass is 16.6. The van der Waals surface area contributed by atoms with E-state index in [4.69, 9.17) is 14.2 Å². The molecule has 0 spiro atoms. The lowest BCUT2D eigenvalue weighted by Crippen LogP contribution is -2.51. The maximum Gasteiger partial charge on any atom is 0.410 e. The summed E-state index contributed by atoms with van der Waals surface area (Å²) in [6.07, 6.45) is 2.53. The van der Waals surface area contributed by atoms with Crippen LogP contribution >= 0.6 is 0 Å². The van der Waals surface area contributed by atoms with Crippen molar-refractivity contribution in [3.8, 4) is 17.6 Å². The maximum absolute atomic E-state index is 13.4. The summed E-state index contributed by atoms with van der Waals surface area (Å²) in [5.74, 6) is 1.20. The van der Waals surface area contributed by atoms with Crippen LogP contribution in [0, 0.1) is 11.3 Å². The number of carbonyl (C=O) groups excluding carboxylic acids is 1. The Morgan fingerprint density at radius 1 is 1.19 bits per heavy atom. The van der Waals surface area contributed by atoms with E-state index in [1.165, 1.54) is 6.07 Å². The molecule has 0 aliphatic carbocycles. The van der Waals surface area contributed by atoms with E-state index in [1.54, 1.807) is 27.8 Å². The average molecular weight is 574 g/mol. The van der Waals surface area contributed by atoms with Crippen LogP contribution in [0.25, 0.3) is 10.9 Å². The number of pyridine rings is 2. The maximum atomic E-state index is 13.4. The highest BCUT2D eigenvalue weighted by molar-refractivity contribution is 5.87. The van der Waals surface area contributed by atoms with E-state index < -0.39 is 17.3 Å². The third-order valence-corrected chi connectivity index (χ3v) is 8.09. The smallest absolute Gasteiger partial charge is 0.410 e. The van der Waals surface area contributed by atoms with Crippen molar-refractivity contribution in [2.24, 2.45) is 0 Å². The highest BCUT2D eigenvalue weighted by Gasteiger charge is 2.43. The molecule has 11 heteroatoms. The predicted octanol–water partition coefficient (Wildman–Crippen LogP) is 3.14. The summed E-state index contributed by atoms with van der Waals surface area (Å²) < 4.78 is 18.7. The van der Waals surface area contributed by atoms with E-state index in [0.717, 1.165) is 5.39 Å². The predicted molar refractivity (Wildman–Crippen MR) is 153 cm³/mol. The third kappa shape index (κ3) is 5.28. The first-order chi connectivity index (χ1) is 20.0. The van der Waals surface area contributed by atoms with Crippen molar-refractivity contribution in [2.45, 2.75) is 63.9 Å². The van der Waals surface area contributed by atoms with Crippen LogP contribution < -0.4 is 15.0 Å². The van der Waals surface area contributed by atoms with E-state index in [-0.39, 0.29) is 31.2 Å². The van der Waals surface area contributed by atoms with Gasteiger partial charge in [0.05, 0.1) is 42.1 Å². The number of nitrogens with zero attached hydrogens (tertiary/aromatic N) is 5. The molecule has 0 bridgehead atoms. The number of benzene rings is 1. The zero-order valence-electron chi connectivity index (χ0n) is 24.1. The highest BCUT2D eigenvalue weighted by Crippen LogP contribution is 2.39. The summed E-state index contributed by atoms with van der Waals surface area (Å²) in [6.45, 7) is 8.31. The average Bonchev–Trinajstić information content (AvgIpc) is 3.27. The van der Waals surface area contributed by atoms with E-state index >= 15 is 0 Å². The SMILES string of the molecule is CC(C)(C)OC(=O)N(Cc1cc2c(cn1)OCCO2)C1CCN(CC2(O)Cn3c(=O)ccc4ccc(C#N)c2c43)CC1. The van der Waals surface area contributed by atoms with Gasteiger partial charge in [0.1, 0.15) is 24.4 Å². The number of carbonyl (C=O) groups is 1. The van der Waals surface area contributed by atoms with Crippen molar-refractivity contribution in [1.29, 1.82) is 5.26 Å². The second-order valence-electron chi connectivity index (χ2n) is 12.3. The number of aromatic nitrogens is 2. The standard InChI is InChI=1S/C31H35N5O6/c1-30(2,3)42-29(38)35(17-22-14-24-25(16-33-22)41-13-12-40-24)23-8-10-34(11-9-23)18-31(39)19-36-26(37)7-6-20-4-5-21(15-32)27(31)28(20)36/h4-7,14,16,23,39H,8-13,17-19H2,1-3H3. The summed E-state index contributed by atoms with van der Waals surface area (Å²) in [6, 6.07) is 10.7. The molecule has 42 heavy (non-hydrogen) atoms. The zero-order valence-corrected chi connectivity index (χ0v) is 24.1. The van der Waals surface area contributed by atoms with Crippen LogP contribution in [-0.2, 0) is 23.4 Å². The van der Waals surface area contributed by atoms with E-state index in [1.807, 2.05) is 32.9 Å². The van der Waals surface area contributed by atoms with Crippen molar-refractivity contribution in [3.63, 3.8) is 0 Å². The van der Waals surface area contributed by atoms with Gasteiger partial charge in [-0.25, -0.2) is 4.79 Å². The van der Waals surface area contributed by atoms with E-state index in [2.05, 4.69) is 16.0 Å². The number of hydrogen-bond acceptors (Lipinski definition) is 9. The summed E-state index contributed by atoms with van der Waals surface area (Å²) in [7, 11) is 0. The molecule has 3 aliphatic heterocycles. The molecule has 5 heterocycles. The van der Waals surface area contributed by atoms with Gasteiger partial charge in [-0.15, -0.1) is 0 Å². The zero-order chi connectivity index (χ0) is 29.6. The third-order valence-electron chi connectivity index (χ3n) is 8.09. The lowest BCUT2D eigenvalue weighted by atomic mass is 9.89. The Kier molecular flexibility index (Phi) is 7.07. The minimum absolute atomic E-state index is 0.0942. The molecule has 220 valence electrons. The van der Waals surface area contributed by atoms with Crippen LogP contribution in [0.1, 0.15) is 50.4 Å². The lowest BCUT2D eigenvalue weighted by Gasteiger charge is -2.41. The fourth-order valence-corrected chi connectivity index (χ4v) is 6.26. The molecule has 1 aromatic carbocycles. The van der Waals surface area contributed by atoms with Gasteiger partial charge in [-0.1, -0.05) is 6.07 Å². The Bertz CT molecular complexity index is 1630. The number of fused-ring (bicyclic) bond motifs is 1. The summed E-state index contributed by atoms with van der Waals surface area (Å²) in [5.41, 5.74) is -0.0501. The Morgan fingerprint density at radius 2 is 1.90 bits per heavy atom. The minimum Gasteiger partial charge on any atom is -0.486 e. The first-order valence-corrected chi connectivity index (χ1v) is 14.3. The first kappa shape index (κ1) is 28.0. The molecular weight excluding hydrogens is 538 g/mol. The molecule has 0 radical (unpaired) electrons. The second kappa shape index (κ2) is 10.6. The van der Waals surface area contributed by atoms with Crippen LogP contribution in [0.4, 0.5) is 4.79 Å². The molecule has 1 saturated heterocycles. The molecule has 6 rings (SSSR count). The summed E-state index contributed by atoms with van der Waals surface area (Å²) in [5, 5.41) is 22.6. The van der Waals surface area contributed by atoms with E-state index in [0.29, 0.717) is 73.0 Å². The monoisotopic (exact) mass is 573 g/mol. The van der Waals surface area contributed by atoms with Crippen LogP contribution in [-0.4, -0.2) is 75.0 Å². The van der Waals surface area contributed by atoms with Gasteiger partial charge in [-0.05, 0) is 51.1 Å². The van der Waals surface area contributed by atoms with Crippen LogP contribution in [0.15, 0.2) is 41.3 Å². The molecule has 2 aromatic heterocycles. The molecule has 1 N–H and O–H groups in total. The Morgan fingerprint density at radius 3 is 2.62 bits per heavy atom. The van der Waals surface area contributed by atoms with Gasteiger partial charge in [0.25, 0.3) is 5.56 Å². The number of piperidine rings is 1. The van der Waals surface area contributed by atoms with Gasteiger partial charge in [0, 0.05) is 43.4 Å². The first-order valence-electron chi connectivity index (χ1n) is 14.3. The van der Waals surface area contributed by atoms with Crippen molar-refractivity contribution in [1.82, 2.24) is 19.4 Å².